The summed E-state index contributed by atoms with van der Waals surface area (Å²) in [5.41, 5.74) is 1.75. The number of hydrogen-bond donors (Lipinski definition) is 1. The van der Waals surface area contributed by atoms with E-state index in [-0.39, 0.29) is 23.8 Å². The van der Waals surface area contributed by atoms with E-state index < -0.39 is 5.92 Å². The zero-order chi connectivity index (χ0) is 21.8. The SMILES string of the molecule is COC(=O)C1CCN(c2nc3ccccc3nc2[C@@H](C#N)C(=O)NC2CCCC2)CC1. The van der Waals surface area contributed by atoms with Crippen LogP contribution in [0.5, 0.6) is 0 Å². The fraction of sp³-hybridized carbons (Fsp3) is 0.522. The first kappa shape index (κ1) is 21.0. The number of fused-ring (bicyclic) bond motifs is 1. The third kappa shape index (κ3) is 4.46. The van der Waals surface area contributed by atoms with Gasteiger partial charge in [0.2, 0.25) is 5.91 Å². The van der Waals surface area contributed by atoms with Crippen molar-refractivity contribution in [2.75, 3.05) is 25.1 Å². The highest BCUT2D eigenvalue weighted by Gasteiger charge is 2.33. The molecule has 1 aromatic heterocycles. The van der Waals surface area contributed by atoms with Crippen LogP contribution in [-0.2, 0) is 14.3 Å². The Morgan fingerprint density at radius 2 is 1.77 bits per heavy atom. The van der Waals surface area contributed by atoms with Gasteiger partial charge >= 0.3 is 5.97 Å². The number of para-hydroxylation sites is 2. The number of nitrogens with one attached hydrogen (secondary N) is 1. The van der Waals surface area contributed by atoms with Crippen molar-refractivity contribution >= 4 is 28.7 Å². The van der Waals surface area contributed by atoms with Crippen LogP contribution in [0.15, 0.2) is 24.3 Å². The number of hydrogen-bond acceptors (Lipinski definition) is 7. The number of aromatic nitrogens is 2. The number of nitrogens with zero attached hydrogens (tertiary/aromatic N) is 4. The van der Waals surface area contributed by atoms with Gasteiger partial charge in [-0.05, 0) is 37.8 Å². The van der Waals surface area contributed by atoms with Gasteiger partial charge in [-0.2, -0.15) is 5.26 Å². The van der Waals surface area contributed by atoms with Crippen molar-refractivity contribution in [3.05, 3.63) is 30.0 Å². The maximum atomic E-state index is 13.0. The number of esters is 1. The number of anilines is 1. The van der Waals surface area contributed by atoms with Gasteiger partial charge in [0, 0.05) is 19.1 Å². The van der Waals surface area contributed by atoms with E-state index in [1.54, 1.807) is 0 Å². The molecule has 2 fully saturated rings. The van der Waals surface area contributed by atoms with E-state index in [1.165, 1.54) is 7.11 Å². The number of amides is 1. The predicted molar refractivity (Wildman–Crippen MR) is 115 cm³/mol. The van der Waals surface area contributed by atoms with Gasteiger partial charge in [-0.3, -0.25) is 9.59 Å². The summed E-state index contributed by atoms with van der Waals surface area (Å²) in [5, 5.41) is 12.9. The molecule has 31 heavy (non-hydrogen) atoms. The van der Waals surface area contributed by atoms with Crippen molar-refractivity contribution in [3.63, 3.8) is 0 Å². The Labute approximate surface area is 181 Å². The molecule has 8 heteroatoms. The molecule has 0 radical (unpaired) electrons. The Hall–Kier alpha value is -3.21. The van der Waals surface area contributed by atoms with E-state index in [2.05, 4.69) is 11.4 Å². The molecular weight excluding hydrogens is 394 g/mol. The van der Waals surface area contributed by atoms with Crippen LogP contribution in [0.4, 0.5) is 5.82 Å². The number of methoxy groups -OCH3 is 1. The fourth-order valence-electron chi connectivity index (χ4n) is 4.52. The van der Waals surface area contributed by atoms with Crippen LogP contribution < -0.4 is 10.2 Å². The van der Waals surface area contributed by atoms with Crippen LogP contribution in [0.2, 0.25) is 0 Å². The van der Waals surface area contributed by atoms with Gasteiger partial charge in [-0.1, -0.05) is 25.0 Å². The summed E-state index contributed by atoms with van der Waals surface area (Å²) in [4.78, 5) is 36.4. The van der Waals surface area contributed by atoms with Crippen molar-refractivity contribution < 1.29 is 14.3 Å². The number of carbonyl (C=O) groups excluding carboxylic acids is 2. The lowest BCUT2D eigenvalue weighted by Crippen LogP contribution is -2.40. The molecule has 1 aliphatic carbocycles. The third-order valence-electron chi connectivity index (χ3n) is 6.27. The number of nitriles is 1. The Bertz CT molecular complexity index is 1000. The average Bonchev–Trinajstić information content (AvgIpc) is 3.31. The largest absolute Gasteiger partial charge is 0.469 e. The molecule has 1 aliphatic heterocycles. The summed E-state index contributed by atoms with van der Waals surface area (Å²) >= 11 is 0. The van der Waals surface area contributed by atoms with E-state index in [9.17, 15) is 14.9 Å². The first-order valence-corrected chi connectivity index (χ1v) is 10.9. The Balaban J connectivity index is 1.65. The summed E-state index contributed by atoms with van der Waals surface area (Å²) < 4.78 is 4.88. The fourth-order valence-corrected chi connectivity index (χ4v) is 4.52. The van der Waals surface area contributed by atoms with Crippen LogP contribution in [0.1, 0.15) is 50.1 Å². The molecule has 2 heterocycles. The highest BCUT2D eigenvalue weighted by atomic mass is 16.5. The highest BCUT2D eigenvalue weighted by molar-refractivity contribution is 5.89. The summed E-state index contributed by atoms with van der Waals surface area (Å²) in [7, 11) is 1.40. The lowest BCUT2D eigenvalue weighted by atomic mass is 9.96. The highest BCUT2D eigenvalue weighted by Crippen LogP contribution is 2.31. The molecule has 1 N–H and O–H groups in total. The molecule has 8 nitrogen and oxygen atoms in total. The summed E-state index contributed by atoms with van der Waals surface area (Å²) in [5.74, 6) is -1.14. The first-order chi connectivity index (χ1) is 15.1. The van der Waals surface area contributed by atoms with Crippen molar-refractivity contribution in [2.24, 2.45) is 5.92 Å². The predicted octanol–water partition coefficient (Wildman–Crippen LogP) is 2.69. The molecule has 1 aromatic carbocycles. The average molecular weight is 422 g/mol. The molecule has 4 rings (SSSR count). The molecule has 162 valence electrons. The van der Waals surface area contributed by atoms with Crippen LogP contribution in [0.3, 0.4) is 0 Å². The van der Waals surface area contributed by atoms with Crippen molar-refractivity contribution in [1.29, 1.82) is 5.26 Å². The molecule has 2 aromatic rings. The molecule has 1 saturated heterocycles. The zero-order valence-corrected chi connectivity index (χ0v) is 17.7. The zero-order valence-electron chi connectivity index (χ0n) is 17.7. The van der Waals surface area contributed by atoms with Gasteiger partial charge in [-0.25, -0.2) is 9.97 Å². The second kappa shape index (κ2) is 9.29. The lowest BCUT2D eigenvalue weighted by molar-refractivity contribution is -0.146. The molecule has 0 spiro atoms. The molecule has 2 aliphatic rings. The molecule has 1 amide bonds. The standard InChI is InChI=1S/C23H27N5O3/c1-31-23(30)15-10-12-28(13-11-15)21-20(26-18-8-4-5-9-19(18)27-21)17(14-24)22(29)25-16-6-2-3-7-16/h4-5,8-9,15-17H,2-3,6-7,10-13H2,1H3,(H,25,29)/t17-/m1/s1. The molecule has 0 unspecified atom stereocenters. The minimum absolute atomic E-state index is 0.121. The number of carbonyl (C=O) groups is 2. The van der Waals surface area contributed by atoms with Gasteiger partial charge in [-0.15, -0.1) is 0 Å². The Kier molecular flexibility index (Phi) is 6.31. The second-order valence-corrected chi connectivity index (χ2v) is 8.26. The normalized spacial score (nSPS) is 18.5. The van der Waals surface area contributed by atoms with E-state index in [0.717, 1.165) is 25.7 Å². The van der Waals surface area contributed by atoms with Gasteiger partial charge < -0.3 is 15.0 Å². The molecule has 0 bridgehead atoms. The van der Waals surface area contributed by atoms with E-state index >= 15 is 0 Å². The van der Waals surface area contributed by atoms with Gasteiger partial charge in [0.15, 0.2) is 11.7 Å². The summed E-state index contributed by atoms with van der Waals surface area (Å²) in [6.45, 7) is 1.17. The van der Waals surface area contributed by atoms with Gasteiger partial charge in [0.25, 0.3) is 0 Å². The smallest absolute Gasteiger partial charge is 0.308 e. The van der Waals surface area contributed by atoms with Gasteiger partial charge in [0.1, 0.15) is 5.69 Å². The quantitative estimate of drug-likeness (QED) is 0.740. The summed E-state index contributed by atoms with van der Waals surface area (Å²) in [6, 6.07) is 9.74. The summed E-state index contributed by atoms with van der Waals surface area (Å²) in [6.07, 6.45) is 5.34. The molecule has 1 saturated carbocycles. The Morgan fingerprint density at radius 1 is 1.13 bits per heavy atom. The minimum Gasteiger partial charge on any atom is -0.469 e. The molecular formula is C23H27N5O3. The van der Waals surface area contributed by atoms with E-state index in [0.29, 0.717) is 48.5 Å². The maximum Gasteiger partial charge on any atom is 0.308 e. The number of piperidine rings is 1. The number of ether oxygens (including phenoxy) is 1. The number of rotatable bonds is 5. The van der Waals surface area contributed by atoms with E-state index in [4.69, 9.17) is 14.7 Å². The second-order valence-electron chi connectivity index (χ2n) is 8.26. The Morgan fingerprint density at radius 3 is 2.39 bits per heavy atom. The first-order valence-electron chi connectivity index (χ1n) is 10.9. The van der Waals surface area contributed by atoms with Crippen LogP contribution in [-0.4, -0.2) is 48.1 Å². The van der Waals surface area contributed by atoms with Crippen LogP contribution in [0.25, 0.3) is 11.0 Å². The van der Waals surface area contributed by atoms with Crippen molar-refractivity contribution in [3.8, 4) is 6.07 Å². The van der Waals surface area contributed by atoms with Gasteiger partial charge in [0.05, 0.1) is 30.1 Å². The van der Waals surface area contributed by atoms with E-state index in [1.807, 2.05) is 29.2 Å². The monoisotopic (exact) mass is 421 g/mol. The number of benzene rings is 1. The third-order valence-corrected chi connectivity index (χ3v) is 6.27. The molecule has 1 atom stereocenters. The lowest BCUT2D eigenvalue weighted by Gasteiger charge is -2.33. The topological polar surface area (TPSA) is 108 Å². The van der Waals surface area contributed by atoms with Crippen LogP contribution in [0, 0.1) is 17.2 Å². The van der Waals surface area contributed by atoms with Crippen molar-refractivity contribution in [1.82, 2.24) is 15.3 Å². The van der Waals surface area contributed by atoms with Crippen molar-refractivity contribution in [2.45, 2.75) is 50.5 Å². The van der Waals surface area contributed by atoms with Crippen LogP contribution >= 0.6 is 0 Å². The maximum absolute atomic E-state index is 13.0. The minimum atomic E-state index is -1.04.